The first-order valence-corrected chi connectivity index (χ1v) is 9.64. The summed E-state index contributed by atoms with van der Waals surface area (Å²) in [5.41, 5.74) is -2.49. The quantitative estimate of drug-likeness (QED) is 0.558. The number of aromatic nitrogens is 1. The number of amides is 1. The molecule has 12 heteroatoms. The van der Waals surface area contributed by atoms with Gasteiger partial charge in [0, 0.05) is 5.39 Å². The van der Waals surface area contributed by atoms with Crippen molar-refractivity contribution in [1.29, 1.82) is 0 Å². The van der Waals surface area contributed by atoms with Gasteiger partial charge in [0.05, 0.1) is 36.2 Å². The van der Waals surface area contributed by atoms with Gasteiger partial charge in [0.25, 0.3) is 11.5 Å². The number of nitrogens with zero attached hydrogens (tertiary/aromatic N) is 2. The molecule has 2 heterocycles. The van der Waals surface area contributed by atoms with Crippen molar-refractivity contribution in [1.82, 2.24) is 9.88 Å². The minimum absolute atomic E-state index is 0.0140. The highest BCUT2D eigenvalue weighted by molar-refractivity contribution is 6.05. The van der Waals surface area contributed by atoms with E-state index in [2.05, 4.69) is 4.85 Å². The highest BCUT2D eigenvalue weighted by Gasteiger charge is 2.34. The van der Waals surface area contributed by atoms with Gasteiger partial charge in [0.15, 0.2) is 5.75 Å². The summed E-state index contributed by atoms with van der Waals surface area (Å²) in [6.45, 7) is 6.14. The molecule has 4 rings (SSSR count). The molecule has 34 heavy (non-hydrogen) atoms. The predicted molar refractivity (Wildman–Crippen MR) is 109 cm³/mol. The smallest absolute Gasteiger partial charge is 0.416 e. The van der Waals surface area contributed by atoms with Crippen LogP contribution in [0, 0.1) is 6.57 Å². The number of carboxylic acids is 1. The van der Waals surface area contributed by atoms with E-state index in [1.807, 2.05) is 5.32 Å². The molecule has 0 aliphatic carbocycles. The van der Waals surface area contributed by atoms with Gasteiger partial charge in [-0.25, -0.2) is 4.85 Å². The molecule has 0 radical (unpaired) electrons. The average Bonchev–Trinajstić information content (AvgIpc) is 2.80. The summed E-state index contributed by atoms with van der Waals surface area (Å²) in [5.74, 6) is -3.62. The molecular weight excluding hydrogens is 459 g/mol. The van der Waals surface area contributed by atoms with Gasteiger partial charge in [0.2, 0.25) is 5.69 Å². The van der Waals surface area contributed by atoms with E-state index in [-0.39, 0.29) is 34.5 Å². The van der Waals surface area contributed by atoms with Crippen LogP contribution in [0.5, 0.6) is 11.5 Å². The van der Waals surface area contributed by atoms with Gasteiger partial charge < -0.3 is 25.1 Å². The van der Waals surface area contributed by atoms with Gasteiger partial charge >= 0.3 is 6.18 Å². The summed E-state index contributed by atoms with van der Waals surface area (Å²) in [5, 5.41) is 23.3. The van der Waals surface area contributed by atoms with Crippen LogP contribution in [0.4, 0.5) is 18.9 Å². The van der Waals surface area contributed by atoms with Crippen LogP contribution in [0.3, 0.4) is 0 Å². The van der Waals surface area contributed by atoms with E-state index in [9.17, 15) is 37.8 Å². The Balaban J connectivity index is 1.98. The first-order chi connectivity index (χ1) is 16.0. The Kier molecular flexibility index (Phi) is 5.40. The molecule has 3 aromatic rings. The summed E-state index contributed by atoms with van der Waals surface area (Å²) in [7, 11) is 0. The Labute approximate surface area is 188 Å². The van der Waals surface area contributed by atoms with E-state index in [1.54, 1.807) is 0 Å². The number of carbonyl (C=O) groups is 2. The van der Waals surface area contributed by atoms with Crippen LogP contribution < -0.4 is 20.7 Å². The fraction of sp³-hybridized carbons (Fsp3) is 0.182. The second-order valence-electron chi connectivity index (χ2n) is 7.32. The zero-order valence-electron chi connectivity index (χ0n) is 17.0. The molecule has 1 aliphatic rings. The molecule has 1 aromatic heterocycles. The van der Waals surface area contributed by atoms with Crippen molar-refractivity contribution < 1.29 is 37.7 Å². The monoisotopic (exact) mass is 472 g/mol. The minimum Gasteiger partial charge on any atom is -0.548 e. The van der Waals surface area contributed by atoms with Gasteiger partial charge in [-0.15, -0.1) is 0 Å². The summed E-state index contributed by atoms with van der Waals surface area (Å²) < 4.78 is 45.7. The summed E-state index contributed by atoms with van der Waals surface area (Å²) in [4.78, 5) is 40.0. The molecule has 174 valence electrons. The number of halogens is 3. The van der Waals surface area contributed by atoms with E-state index in [0.29, 0.717) is 0 Å². The van der Waals surface area contributed by atoms with Gasteiger partial charge in [-0.1, -0.05) is 24.3 Å². The second kappa shape index (κ2) is 8.11. The number of hydrogen-bond acceptors (Lipinski definition) is 6. The Bertz CT molecular complexity index is 1440. The number of pyridine rings is 1. The molecule has 0 saturated carbocycles. The topological polar surface area (TPSA) is 125 Å². The zero-order valence-corrected chi connectivity index (χ0v) is 17.0. The van der Waals surface area contributed by atoms with Crippen LogP contribution >= 0.6 is 0 Å². The lowest BCUT2D eigenvalue weighted by Gasteiger charge is -2.30. The molecule has 0 spiro atoms. The summed E-state index contributed by atoms with van der Waals surface area (Å²) in [6, 6.07) is 5.54. The van der Waals surface area contributed by atoms with Crippen LogP contribution in [0.25, 0.3) is 15.7 Å². The number of nitrogens with one attached hydrogen (secondary N) is 1. The third kappa shape index (κ3) is 3.66. The second-order valence-corrected chi connectivity index (χ2v) is 7.32. The van der Waals surface area contributed by atoms with Crippen LogP contribution in [-0.4, -0.2) is 34.7 Å². The molecular formula is C22H13F3N3O6-. The lowest BCUT2D eigenvalue weighted by molar-refractivity contribution is -0.303. The van der Waals surface area contributed by atoms with Crippen molar-refractivity contribution >= 4 is 28.5 Å². The maximum atomic E-state index is 13.4. The van der Waals surface area contributed by atoms with Crippen molar-refractivity contribution in [3.63, 3.8) is 0 Å². The van der Waals surface area contributed by atoms with Crippen molar-refractivity contribution in [3.8, 4) is 11.5 Å². The number of rotatable bonds is 4. The van der Waals surface area contributed by atoms with Gasteiger partial charge in [-0.05, 0) is 17.7 Å². The van der Waals surface area contributed by atoms with Crippen LogP contribution in [0.2, 0.25) is 0 Å². The Hall–Kier alpha value is -4.53. The SMILES string of the molecule is [C-]#[N+]c1ccc2c(O)c(C(=O)NCC(=O)[O-])c(=O)n3c2c1OCC3c1ccc(C(F)(F)F)cc1. The van der Waals surface area contributed by atoms with Crippen LogP contribution in [-0.2, 0) is 11.0 Å². The number of carboxylic acid groups (broad SMARTS) is 1. The molecule has 2 aromatic carbocycles. The molecule has 1 atom stereocenters. The molecule has 1 unspecified atom stereocenters. The molecule has 9 nitrogen and oxygen atoms in total. The maximum Gasteiger partial charge on any atom is 0.416 e. The number of aromatic hydroxyl groups is 1. The molecule has 1 aliphatic heterocycles. The van der Waals surface area contributed by atoms with Crippen molar-refractivity contribution in [2.75, 3.05) is 13.2 Å². The number of aliphatic carboxylic acids is 1. The normalized spacial score (nSPS) is 14.8. The standard InChI is InChI=1S/C22H14F3N3O6/c1-26-13-7-6-12-17-19(13)34-9-14(10-2-4-11(5-3-10)22(23,24)25)28(17)21(33)16(18(12)31)20(32)27-8-15(29)30/h2-7,14,31H,8-9H2,(H,27,32)(H,29,30)/p-1. The number of hydrogen-bond donors (Lipinski definition) is 2. The number of alkyl halides is 3. The summed E-state index contributed by atoms with van der Waals surface area (Å²) >= 11 is 0. The Morgan fingerprint density at radius 1 is 1.24 bits per heavy atom. The highest BCUT2D eigenvalue weighted by Crippen LogP contribution is 2.44. The van der Waals surface area contributed by atoms with E-state index in [1.165, 1.54) is 12.1 Å². The maximum absolute atomic E-state index is 13.4. The van der Waals surface area contributed by atoms with E-state index in [4.69, 9.17) is 11.3 Å². The Morgan fingerprint density at radius 2 is 1.91 bits per heavy atom. The number of benzene rings is 2. The zero-order chi connectivity index (χ0) is 24.8. The molecule has 1 amide bonds. The van der Waals surface area contributed by atoms with E-state index < -0.39 is 53.1 Å². The van der Waals surface area contributed by atoms with E-state index >= 15 is 0 Å². The Morgan fingerprint density at radius 3 is 2.50 bits per heavy atom. The van der Waals surface area contributed by atoms with Crippen molar-refractivity contribution in [3.05, 3.63) is 74.9 Å². The summed E-state index contributed by atoms with van der Waals surface area (Å²) in [6.07, 6.45) is -4.58. The largest absolute Gasteiger partial charge is 0.548 e. The van der Waals surface area contributed by atoms with Gasteiger partial charge in [-0.3, -0.25) is 14.2 Å². The molecule has 0 bridgehead atoms. The molecule has 0 saturated heterocycles. The highest BCUT2D eigenvalue weighted by atomic mass is 19.4. The minimum atomic E-state index is -4.58. The van der Waals surface area contributed by atoms with Crippen molar-refractivity contribution in [2.24, 2.45) is 0 Å². The number of carbonyl (C=O) groups excluding carboxylic acids is 2. The fourth-order valence-corrected chi connectivity index (χ4v) is 3.80. The molecule has 2 N–H and O–H groups in total. The lowest BCUT2D eigenvalue weighted by Crippen LogP contribution is -2.42. The first-order valence-electron chi connectivity index (χ1n) is 9.64. The predicted octanol–water partition coefficient (Wildman–Crippen LogP) is 1.74. The molecule has 0 fully saturated rings. The third-order valence-electron chi connectivity index (χ3n) is 5.34. The van der Waals surface area contributed by atoms with E-state index in [0.717, 1.165) is 28.8 Å². The van der Waals surface area contributed by atoms with Crippen molar-refractivity contribution in [2.45, 2.75) is 12.2 Å². The van der Waals surface area contributed by atoms with Gasteiger partial charge in [0.1, 0.15) is 17.9 Å². The van der Waals surface area contributed by atoms with Crippen LogP contribution in [0.15, 0.2) is 41.2 Å². The number of ether oxygens (including phenoxy) is 1. The fourth-order valence-electron chi connectivity index (χ4n) is 3.80. The lowest BCUT2D eigenvalue weighted by atomic mass is 10.00. The van der Waals surface area contributed by atoms with Crippen LogP contribution in [0.1, 0.15) is 27.5 Å². The average molecular weight is 472 g/mol. The third-order valence-corrected chi connectivity index (χ3v) is 5.34. The van der Waals surface area contributed by atoms with Gasteiger partial charge in [-0.2, -0.15) is 13.2 Å². The first kappa shape index (κ1) is 22.7.